The van der Waals surface area contributed by atoms with Crippen LogP contribution in [0.5, 0.6) is 11.5 Å². The molecule has 1 aromatic carbocycles. The number of carboxylic acid groups (broad SMARTS) is 1. The number of nitrogens with one attached hydrogen (secondary N) is 1. The molecule has 0 radical (unpaired) electrons. The molecule has 1 atom stereocenters. The van der Waals surface area contributed by atoms with Crippen LogP contribution in [0.1, 0.15) is 26.7 Å². The third-order valence-electron chi connectivity index (χ3n) is 3.23. The van der Waals surface area contributed by atoms with Crippen LogP contribution in [0.25, 0.3) is 0 Å². The van der Waals surface area contributed by atoms with E-state index in [4.69, 9.17) is 9.47 Å². The van der Waals surface area contributed by atoms with E-state index in [1.54, 1.807) is 6.07 Å². The highest BCUT2D eigenvalue weighted by atomic mass is 16.5. The Bertz CT molecular complexity index is 471. The maximum atomic E-state index is 11.3. The van der Waals surface area contributed by atoms with E-state index < -0.39 is 12.0 Å². The Labute approximate surface area is 118 Å². The van der Waals surface area contributed by atoms with E-state index in [2.05, 4.69) is 5.32 Å². The number of aliphatic carboxylic acids is 1. The van der Waals surface area contributed by atoms with Crippen molar-refractivity contribution in [3.8, 4) is 11.5 Å². The van der Waals surface area contributed by atoms with Crippen molar-refractivity contribution < 1.29 is 19.4 Å². The SMILES string of the molecule is CCOc1ccc(OCC)c(NC(C(=O)O)C2CC2)c1. The van der Waals surface area contributed by atoms with Crippen LogP contribution in [0.3, 0.4) is 0 Å². The van der Waals surface area contributed by atoms with Crippen LogP contribution >= 0.6 is 0 Å². The van der Waals surface area contributed by atoms with E-state index in [1.165, 1.54) is 0 Å². The highest BCUT2D eigenvalue weighted by Gasteiger charge is 2.36. The molecule has 5 nitrogen and oxygen atoms in total. The Balaban J connectivity index is 2.21. The van der Waals surface area contributed by atoms with Crippen molar-refractivity contribution in [3.63, 3.8) is 0 Å². The zero-order valence-electron chi connectivity index (χ0n) is 11.9. The Hall–Kier alpha value is -1.91. The van der Waals surface area contributed by atoms with E-state index in [-0.39, 0.29) is 5.92 Å². The van der Waals surface area contributed by atoms with Crippen molar-refractivity contribution >= 4 is 11.7 Å². The second-order valence-electron chi connectivity index (χ2n) is 4.82. The van der Waals surface area contributed by atoms with E-state index in [0.29, 0.717) is 30.4 Å². The number of hydrogen-bond acceptors (Lipinski definition) is 4. The molecular weight excluding hydrogens is 258 g/mol. The molecule has 1 unspecified atom stereocenters. The van der Waals surface area contributed by atoms with Gasteiger partial charge in [-0.15, -0.1) is 0 Å². The fourth-order valence-corrected chi connectivity index (χ4v) is 2.14. The molecule has 0 aromatic heterocycles. The topological polar surface area (TPSA) is 67.8 Å². The van der Waals surface area contributed by atoms with Gasteiger partial charge in [0.25, 0.3) is 0 Å². The molecule has 0 saturated heterocycles. The molecule has 0 spiro atoms. The summed E-state index contributed by atoms with van der Waals surface area (Å²) < 4.78 is 11.0. The molecule has 5 heteroatoms. The van der Waals surface area contributed by atoms with Crippen LogP contribution in [0.15, 0.2) is 18.2 Å². The van der Waals surface area contributed by atoms with Crippen LogP contribution in [0, 0.1) is 5.92 Å². The molecule has 0 bridgehead atoms. The second kappa shape index (κ2) is 6.50. The van der Waals surface area contributed by atoms with Gasteiger partial charge in [-0.1, -0.05) is 0 Å². The van der Waals surface area contributed by atoms with Crippen LogP contribution in [-0.4, -0.2) is 30.3 Å². The van der Waals surface area contributed by atoms with Gasteiger partial charge >= 0.3 is 5.97 Å². The third kappa shape index (κ3) is 3.56. The quantitative estimate of drug-likeness (QED) is 0.766. The van der Waals surface area contributed by atoms with Gasteiger partial charge in [0.1, 0.15) is 17.5 Å². The molecule has 1 aliphatic carbocycles. The molecule has 2 rings (SSSR count). The molecular formula is C15H21NO4. The lowest BCUT2D eigenvalue weighted by Crippen LogP contribution is -2.31. The average Bonchev–Trinajstić information content (AvgIpc) is 3.23. The van der Waals surface area contributed by atoms with E-state index >= 15 is 0 Å². The first-order chi connectivity index (χ1) is 9.65. The Morgan fingerprint density at radius 3 is 2.60 bits per heavy atom. The van der Waals surface area contributed by atoms with E-state index in [9.17, 15) is 9.90 Å². The van der Waals surface area contributed by atoms with Gasteiger partial charge in [-0.25, -0.2) is 4.79 Å². The van der Waals surface area contributed by atoms with Crippen molar-refractivity contribution in [2.24, 2.45) is 5.92 Å². The molecule has 0 aliphatic heterocycles. The van der Waals surface area contributed by atoms with Crippen molar-refractivity contribution in [1.82, 2.24) is 0 Å². The summed E-state index contributed by atoms with van der Waals surface area (Å²) >= 11 is 0. The van der Waals surface area contributed by atoms with Gasteiger partial charge in [0.05, 0.1) is 18.9 Å². The summed E-state index contributed by atoms with van der Waals surface area (Å²) in [5.41, 5.74) is 0.678. The minimum atomic E-state index is -0.822. The summed E-state index contributed by atoms with van der Waals surface area (Å²) in [4.78, 5) is 11.3. The van der Waals surface area contributed by atoms with Crippen molar-refractivity contribution in [2.75, 3.05) is 18.5 Å². The summed E-state index contributed by atoms with van der Waals surface area (Å²) in [7, 11) is 0. The van der Waals surface area contributed by atoms with Crippen LogP contribution in [0.2, 0.25) is 0 Å². The van der Waals surface area contributed by atoms with E-state index in [1.807, 2.05) is 26.0 Å². The number of rotatable bonds is 8. The number of anilines is 1. The molecule has 110 valence electrons. The molecule has 1 saturated carbocycles. The van der Waals surface area contributed by atoms with Crippen LogP contribution < -0.4 is 14.8 Å². The Kier molecular flexibility index (Phi) is 4.71. The first kappa shape index (κ1) is 14.5. The normalized spacial score (nSPS) is 15.5. The number of benzene rings is 1. The highest BCUT2D eigenvalue weighted by molar-refractivity contribution is 5.79. The number of ether oxygens (including phenoxy) is 2. The standard InChI is InChI=1S/C15H21NO4/c1-3-19-11-7-8-13(20-4-2)12(9-11)16-14(15(17)18)10-5-6-10/h7-10,14,16H,3-6H2,1-2H3,(H,17,18). The van der Waals surface area contributed by atoms with Crippen LogP contribution in [-0.2, 0) is 4.79 Å². The lowest BCUT2D eigenvalue weighted by Gasteiger charge is -2.19. The lowest BCUT2D eigenvalue weighted by atomic mass is 10.1. The molecule has 1 aromatic rings. The van der Waals surface area contributed by atoms with Gasteiger partial charge in [0.15, 0.2) is 0 Å². The predicted molar refractivity (Wildman–Crippen MR) is 76.6 cm³/mol. The van der Waals surface area contributed by atoms with Gasteiger partial charge in [-0.2, -0.15) is 0 Å². The van der Waals surface area contributed by atoms with Crippen molar-refractivity contribution in [1.29, 1.82) is 0 Å². The number of carbonyl (C=O) groups is 1. The van der Waals surface area contributed by atoms with Gasteiger partial charge in [0.2, 0.25) is 0 Å². The third-order valence-corrected chi connectivity index (χ3v) is 3.23. The van der Waals surface area contributed by atoms with Gasteiger partial charge in [-0.3, -0.25) is 0 Å². The Morgan fingerprint density at radius 1 is 1.35 bits per heavy atom. The zero-order valence-corrected chi connectivity index (χ0v) is 11.9. The molecule has 1 aliphatic rings. The summed E-state index contributed by atoms with van der Waals surface area (Å²) in [6, 6.07) is 4.87. The number of hydrogen-bond donors (Lipinski definition) is 2. The summed E-state index contributed by atoms with van der Waals surface area (Å²) in [5.74, 6) is 0.746. The monoisotopic (exact) mass is 279 g/mol. The first-order valence-corrected chi connectivity index (χ1v) is 7.04. The van der Waals surface area contributed by atoms with Crippen molar-refractivity contribution in [2.45, 2.75) is 32.7 Å². The van der Waals surface area contributed by atoms with E-state index in [0.717, 1.165) is 12.8 Å². The maximum absolute atomic E-state index is 11.3. The fraction of sp³-hybridized carbons (Fsp3) is 0.533. The molecule has 0 amide bonds. The van der Waals surface area contributed by atoms with Gasteiger partial charge in [-0.05, 0) is 44.7 Å². The zero-order chi connectivity index (χ0) is 14.5. The fourth-order valence-electron chi connectivity index (χ4n) is 2.14. The Morgan fingerprint density at radius 2 is 2.05 bits per heavy atom. The smallest absolute Gasteiger partial charge is 0.326 e. The second-order valence-corrected chi connectivity index (χ2v) is 4.82. The summed E-state index contributed by atoms with van der Waals surface area (Å²) in [5, 5.41) is 12.4. The summed E-state index contributed by atoms with van der Waals surface area (Å²) in [6.45, 7) is 4.91. The van der Waals surface area contributed by atoms with Crippen molar-refractivity contribution in [3.05, 3.63) is 18.2 Å². The molecule has 20 heavy (non-hydrogen) atoms. The lowest BCUT2D eigenvalue weighted by molar-refractivity contribution is -0.138. The van der Waals surface area contributed by atoms with Gasteiger partial charge in [0, 0.05) is 6.07 Å². The maximum Gasteiger partial charge on any atom is 0.326 e. The van der Waals surface area contributed by atoms with Gasteiger partial charge < -0.3 is 19.9 Å². The minimum absolute atomic E-state index is 0.206. The highest BCUT2D eigenvalue weighted by Crippen LogP contribution is 2.37. The van der Waals surface area contributed by atoms with Crippen LogP contribution in [0.4, 0.5) is 5.69 Å². The first-order valence-electron chi connectivity index (χ1n) is 7.04. The minimum Gasteiger partial charge on any atom is -0.494 e. The summed E-state index contributed by atoms with van der Waals surface area (Å²) in [6.07, 6.45) is 1.91. The molecule has 2 N–H and O–H groups in total. The molecule has 1 fully saturated rings. The largest absolute Gasteiger partial charge is 0.494 e. The molecule has 0 heterocycles. The predicted octanol–water partition coefficient (Wildman–Crippen LogP) is 2.76. The number of carboxylic acids is 1. The average molecular weight is 279 g/mol.